The fourth-order valence-electron chi connectivity index (χ4n) is 2.97. The maximum atomic E-state index is 11.5. The van der Waals surface area contributed by atoms with Crippen LogP contribution < -0.4 is 15.8 Å². The van der Waals surface area contributed by atoms with Crippen LogP contribution in [0.25, 0.3) is 10.9 Å². The number of benzene rings is 2. The summed E-state index contributed by atoms with van der Waals surface area (Å²) in [6, 6.07) is 12.8. The van der Waals surface area contributed by atoms with Gasteiger partial charge in [-0.2, -0.15) is 10.1 Å². The monoisotopic (exact) mass is 487 g/mol. The Morgan fingerprint density at radius 1 is 1.17 bits per heavy atom. The molecule has 2 aromatic carbocycles. The number of hydrogen-bond acceptors (Lipinski definition) is 7. The van der Waals surface area contributed by atoms with E-state index in [1.807, 2.05) is 31.4 Å². The topological polar surface area (TPSA) is 128 Å². The van der Waals surface area contributed by atoms with E-state index in [0.29, 0.717) is 27.5 Å². The standard InChI is InChI=1S/C19H18BrN7O2S/c1-27-10-12-6-7-14(8-17(12)26-27)23-19-22-9-15(20)18(25-19)24-16-5-3-2-4-13(16)11-30(21,28)29/h2-10H,11H2,1H3,(H2,21,28,29)(H2,22,23,24,25). The lowest BCUT2D eigenvalue weighted by molar-refractivity contribution is 0.597. The molecular weight excluding hydrogens is 470 g/mol. The van der Waals surface area contributed by atoms with Gasteiger partial charge in [0.25, 0.3) is 0 Å². The third-order valence-electron chi connectivity index (χ3n) is 4.25. The van der Waals surface area contributed by atoms with Crippen molar-refractivity contribution in [2.45, 2.75) is 5.75 Å². The fourth-order valence-corrected chi connectivity index (χ4v) is 3.95. The summed E-state index contributed by atoms with van der Waals surface area (Å²) in [6.45, 7) is 0. The largest absolute Gasteiger partial charge is 0.339 e. The van der Waals surface area contributed by atoms with Crippen LogP contribution in [0.5, 0.6) is 0 Å². The molecule has 0 aliphatic rings. The number of primary sulfonamides is 1. The predicted octanol–water partition coefficient (Wildman–Crippen LogP) is 3.40. The Bertz CT molecular complexity index is 1340. The van der Waals surface area contributed by atoms with Crippen molar-refractivity contribution in [3.8, 4) is 0 Å². The van der Waals surface area contributed by atoms with Crippen LogP contribution in [0.15, 0.2) is 59.3 Å². The third-order valence-corrected chi connectivity index (χ3v) is 5.54. The van der Waals surface area contributed by atoms with Crippen LogP contribution in [0.2, 0.25) is 0 Å². The van der Waals surface area contributed by atoms with E-state index < -0.39 is 10.0 Å². The first-order valence-electron chi connectivity index (χ1n) is 8.85. The molecule has 4 N–H and O–H groups in total. The summed E-state index contributed by atoms with van der Waals surface area (Å²) in [5.74, 6) is 0.571. The van der Waals surface area contributed by atoms with E-state index in [-0.39, 0.29) is 5.75 Å². The normalized spacial score (nSPS) is 11.6. The van der Waals surface area contributed by atoms with Crippen molar-refractivity contribution in [2.24, 2.45) is 12.2 Å². The van der Waals surface area contributed by atoms with Crippen molar-refractivity contribution in [2.75, 3.05) is 10.6 Å². The number of hydrogen-bond donors (Lipinski definition) is 3. The van der Waals surface area contributed by atoms with E-state index in [2.05, 4.69) is 41.6 Å². The zero-order chi connectivity index (χ0) is 21.3. The van der Waals surface area contributed by atoms with Gasteiger partial charge in [0.2, 0.25) is 16.0 Å². The van der Waals surface area contributed by atoms with Gasteiger partial charge in [-0.3, -0.25) is 4.68 Å². The number of sulfonamides is 1. The lowest BCUT2D eigenvalue weighted by Crippen LogP contribution is -2.15. The molecule has 0 radical (unpaired) electrons. The van der Waals surface area contributed by atoms with Crippen LogP contribution in [-0.2, 0) is 22.8 Å². The predicted molar refractivity (Wildman–Crippen MR) is 120 cm³/mol. The fraction of sp³-hybridized carbons (Fsp3) is 0.105. The van der Waals surface area contributed by atoms with E-state index in [4.69, 9.17) is 5.14 Å². The molecular formula is C19H18BrN7O2S. The Hall–Kier alpha value is -3.02. The molecule has 0 aliphatic heterocycles. The third kappa shape index (κ3) is 4.75. The van der Waals surface area contributed by atoms with Gasteiger partial charge in [-0.1, -0.05) is 18.2 Å². The minimum Gasteiger partial charge on any atom is -0.339 e. The van der Waals surface area contributed by atoms with E-state index in [1.165, 1.54) is 0 Å². The molecule has 9 nitrogen and oxygen atoms in total. The Labute approximate surface area is 181 Å². The molecule has 0 atom stereocenters. The summed E-state index contributed by atoms with van der Waals surface area (Å²) in [5.41, 5.74) is 2.78. The molecule has 0 spiro atoms. The number of nitrogens with zero attached hydrogens (tertiary/aromatic N) is 4. The molecule has 2 heterocycles. The Morgan fingerprint density at radius 3 is 2.77 bits per heavy atom. The van der Waals surface area contributed by atoms with Crippen molar-refractivity contribution in [1.82, 2.24) is 19.7 Å². The van der Waals surface area contributed by atoms with Gasteiger partial charge in [0.05, 0.1) is 15.7 Å². The summed E-state index contributed by atoms with van der Waals surface area (Å²) >= 11 is 3.42. The first kappa shape index (κ1) is 20.3. The minimum atomic E-state index is -3.67. The summed E-state index contributed by atoms with van der Waals surface area (Å²) in [5, 5.41) is 17.0. The highest BCUT2D eigenvalue weighted by atomic mass is 79.9. The minimum absolute atomic E-state index is 0.284. The second-order valence-corrected chi connectivity index (χ2v) is 9.15. The number of fused-ring (bicyclic) bond motifs is 1. The maximum absolute atomic E-state index is 11.5. The number of halogens is 1. The van der Waals surface area contributed by atoms with Crippen LogP contribution in [0, 0.1) is 0 Å². The van der Waals surface area contributed by atoms with Gasteiger partial charge >= 0.3 is 0 Å². The van der Waals surface area contributed by atoms with Gasteiger partial charge in [0, 0.05) is 36.2 Å². The number of nitrogens with two attached hydrogens (primary N) is 1. The molecule has 4 aromatic rings. The Kier molecular flexibility index (Phi) is 5.41. The highest BCUT2D eigenvalue weighted by molar-refractivity contribution is 9.10. The molecule has 0 aliphatic carbocycles. The number of para-hydroxylation sites is 1. The average molecular weight is 488 g/mol. The molecule has 11 heteroatoms. The average Bonchev–Trinajstić information content (AvgIpc) is 3.04. The molecule has 0 fully saturated rings. The van der Waals surface area contributed by atoms with Crippen molar-refractivity contribution >= 4 is 60.0 Å². The molecule has 4 rings (SSSR count). The smallest absolute Gasteiger partial charge is 0.229 e. The molecule has 0 saturated carbocycles. The summed E-state index contributed by atoms with van der Waals surface area (Å²) in [7, 11) is -1.80. The number of rotatable bonds is 6. The van der Waals surface area contributed by atoms with E-state index >= 15 is 0 Å². The van der Waals surface area contributed by atoms with Gasteiger partial charge in [-0.15, -0.1) is 0 Å². The van der Waals surface area contributed by atoms with Gasteiger partial charge in [-0.05, 0) is 45.8 Å². The van der Waals surface area contributed by atoms with Gasteiger partial charge in [0.1, 0.15) is 5.82 Å². The molecule has 0 bridgehead atoms. The number of nitrogens with one attached hydrogen (secondary N) is 2. The molecule has 0 unspecified atom stereocenters. The van der Waals surface area contributed by atoms with E-state index in [1.54, 1.807) is 35.1 Å². The zero-order valence-corrected chi connectivity index (χ0v) is 18.3. The van der Waals surface area contributed by atoms with E-state index in [9.17, 15) is 8.42 Å². The zero-order valence-electron chi connectivity index (χ0n) is 15.9. The first-order valence-corrected chi connectivity index (χ1v) is 11.4. The van der Waals surface area contributed by atoms with Crippen molar-refractivity contribution in [3.05, 3.63) is 64.9 Å². The van der Waals surface area contributed by atoms with Crippen molar-refractivity contribution < 1.29 is 8.42 Å². The number of aromatic nitrogens is 4. The van der Waals surface area contributed by atoms with Gasteiger partial charge in [-0.25, -0.2) is 18.5 Å². The molecule has 0 amide bonds. The molecule has 2 aromatic heterocycles. The second-order valence-electron chi connectivity index (χ2n) is 6.68. The Balaban J connectivity index is 1.61. The first-order chi connectivity index (χ1) is 14.3. The molecule has 30 heavy (non-hydrogen) atoms. The lowest BCUT2D eigenvalue weighted by atomic mass is 10.2. The number of anilines is 4. The summed E-state index contributed by atoms with van der Waals surface area (Å²) in [6.07, 6.45) is 3.55. The highest BCUT2D eigenvalue weighted by Crippen LogP contribution is 2.28. The van der Waals surface area contributed by atoms with E-state index in [0.717, 1.165) is 16.6 Å². The Morgan fingerprint density at radius 2 is 1.97 bits per heavy atom. The lowest BCUT2D eigenvalue weighted by Gasteiger charge is -2.13. The highest BCUT2D eigenvalue weighted by Gasteiger charge is 2.12. The second kappa shape index (κ2) is 8.01. The molecule has 154 valence electrons. The van der Waals surface area contributed by atoms with Crippen LogP contribution in [0.3, 0.4) is 0 Å². The van der Waals surface area contributed by atoms with Gasteiger partial charge < -0.3 is 10.6 Å². The van der Waals surface area contributed by atoms with Crippen LogP contribution >= 0.6 is 15.9 Å². The van der Waals surface area contributed by atoms with Crippen molar-refractivity contribution in [1.29, 1.82) is 0 Å². The summed E-state index contributed by atoms with van der Waals surface area (Å²) < 4.78 is 25.4. The van der Waals surface area contributed by atoms with Crippen LogP contribution in [0.4, 0.5) is 23.1 Å². The van der Waals surface area contributed by atoms with Crippen LogP contribution in [0.1, 0.15) is 5.56 Å². The quantitative estimate of drug-likeness (QED) is 0.380. The number of aryl methyl sites for hydroxylation is 1. The van der Waals surface area contributed by atoms with Gasteiger partial charge in [0.15, 0.2) is 0 Å². The maximum Gasteiger partial charge on any atom is 0.229 e. The van der Waals surface area contributed by atoms with Crippen LogP contribution in [-0.4, -0.2) is 28.2 Å². The summed E-state index contributed by atoms with van der Waals surface area (Å²) in [4.78, 5) is 8.79. The SMILES string of the molecule is Cn1cc2ccc(Nc3ncc(Br)c(Nc4ccccc4CS(N)(=O)=O)n3)cc2n1. The van der Waals surface area contributed by atoms with Crippen molar-refractivity contribution in [3.63, 3.8) is 0 Å². The molecule has 0 saturated heterocycles.